The summed E-state index contributed by atoms with van der Waals surface area (Å²) in [4.78, 5) is 19.5. The van der Waals surface area contributed by atoms with Crippen molar-refractivity contribution in [1.29, 1.82) is 0 Å². The molecule has 4 heterocycles. The molecule has 2 saturated heterocycles. The molecule has 0 radical (unpaired) electrons. The number of aromatic nitrogens is 1. The molecule has 2 fully saturated rings. The highest BCUT2D eigenvalue weighted by molar-refractivity contribution is 7.09. The van der Waals surface area contributed by atoms with Gasteiger partial charge in [-0.1, -0.05) is 11.6 Å². The lowest BCUT2D eigenvalue weighted by molar-refractivity contribution is 0.0254. The van der Waals surface area contributed by atoms with Crippen LogP contribution in [0.5, 0.6) is 5.75 Å². The summed E-state index contributed by atoms with van der Waals surface area (Å²) in [6.07, 6.45) is 5.66. The average Bonchev–Trinajstić information content (AvgIpc) is 3.43. The summed E-state index contributed by atoms with van der Waals surface area (Å²) >= 11 is 7.71. The average molecular weight is 435 g/mol. The lowest BCUT2D eigenvalue weighted by atomic mass is 10.1. The van der Waals surface area contributed by atoms with Crippen LogP contribution in [0.25, 0.3) is 0 Å². The van der Waals surface area contributed by atoms with Crippen molar-refractivity contribution in [2.75, 3.05) is 13.7 Å². The van der Waals surface area contributed by atoms with E-state index in [1.807, 2.05) is 0 Å². The van der Waals surface area contributed by atoms with Crippen LogP contribution in [0.15, 0.2) is 23.2 Å². The Morgan fingerprint density at radius 2 is 2.28 bits per heavy atom. The summed E-state index contributed by atoms with van der Waals surface area (Å²) in [6, 6.07) is 5.00. The van der Waals surface area contributed by atoms with E-state index < -0.39 is 0 Å². The highest BCUT2D eigenvalue weighted by atomic mass is 35.5. The van der Waals surface area contributed by atoms with Crippen LogP contribution in [0.4, 0.5) is 0 Å². The van der Waals surface area contributed by atoms with Gasteiger partial charge in [0.2, 0.25) is 0 Å². The smallest absolute Gasteiger partial charge is 0.283 e. The molecular weight excluding hydrogens is 412 g/mol. The van der Waals surface area contributed by atoms with E-state index in [0.29, 0.717) is 33.8 Å². The van der Waals surface area contributed by atoms with Crippen LogP contribution in [0, 0.1) is 0 Å². The van der Waals surface area contributed by atoms with Gasteiger partial charge >= 0.3 is 0 Å². The molecule has 5 rings (SSSR count). The predicted molar refractivity (Wildman–Crippen MR) is 110 cm³/mol. The van der Waals surface area contributed by atoms with Crippen LogP contribution >= 0.6 is 22.9 Å². The summed E-state index contributed by atoms with van der Waals surface area (Å²) < 4.78 is 19.5. The molecule has 2 bridgehead atoms. The number of methoxy groups -OCH3 is 1. The number of ether oxygens (including phenoxy) is 3. The summed E-state index contributed by atoms with van der Waals surface area (Å²) in [5.74, 6) is 0.118. The van der Waals surface area contributed by atoms with Gasteiger partial charge in [0.1, 0.15) is 5.75 Å². The number of hydrogen-bond acceptors (Lipinski definition) is 5. The minimum absolute atomic E-state index is 0.0983. The lowest BCUT2D eigenvalue weighted by Crippen LogP contribution is -2.28. The van der Waals surface area contributed by atoms with Crippen LogP contribution in [-0.2, 0) is 22.4 Å². The Bertz CT molecular complexity index is 1010. The van der Waals surface area contributed by atoms with E-state index in [0.717, 1.165) is 38.7 Å². The maximum absolute atomic E-state index is 13.0. The van der Waals surface area contributed by atoms with Gasteiger partial charge in [0.25, 0.3) is 5.91 Å². The second kappa shape index (κ2) is 7.87. The Morgan fingerprint density at radius 3 is 3.07 bits per heavy atom. The third-order valence-electron chi connectivity index (χ3n) is 5.85. The molecule has 6 nitrogen and oxygen atoms in total. The van der Waals surface area contributed by atoms with E-state index >= 15 is 0 Å². The maximum atomic E-state index is 13.0. The number of amides is 1. The molecule has 2 unspecified atom stereocenters. The molecule has 1 aromatic carbocycles. The van der Waals surface area contributed by atoms with E-state index in [-0.39, 0.29) is 18.1 Å². The normalized spacial score (nSPS) is 26.0. The largest absolute Gasteiger partial charge is 0.496 e. The third kappa shape index (κ3) is 3.65. The monoisotopic (exact) mass is 434 g/mol. The molecule has 154 valence electrons. The van der Waals surface area contributed by atoms with Crippen molar-refractivity contribution in [2.24, 2.45) is 4.99 Å². The van der Waals surface area contributed by atoms with Crippen LogP contribution in [-0.4, -0.2) is 36.4 Å². The summed E-state index contributed by atoms with van der Waals surface area (Å²) in [5, 5.41) is 0.479. The van der Waals surface area contributed by atoms with Gasteiger partial charge in [0.15, 0.2) is 4.80 Å². The number of carbonyl (C=O) groups excluding carboxylic acids is 1. The highest BCUT2D eigenvalue weighted by Gasteiger charge is 2.38. The van der Waals surface area contributed by atoms with Crippen LogP contribution in [0.1, 0.15) is 52.7 Å². The molecule has 3 aliphatic rings. The zero-order chi connectivity index (χ0) is 20.0. The molecule has 8 heteroatoms. The van der Waals surface area contributed by atoms with Gasteiger partial charge in [-0.2, -0.15) is 4.99 Å². The molecule has 3 atom stereocenters. The Morgan fingerprint density at radius 1 is 1.38 bits per heavy atom. The first kappa shape index (κ1) is 19.3. The number of hydrogen-bond donors (Lipinski definition) is 0. The number of nitrogens with zero attached hydrogens (tertiary/aromatic N) is 2. The number of carbonyl (C=O) groups is 1. The Kier molecular flexibility index (Phi) is 5.24. The van der Waals surface area contributed by atoms with Crippen molar-refractivity contribution >= 4 is 28.8 Å². The number of rotatable bonds is 4. The fourth-order valence-electron chi connectivity index (χ4n) is 4.48. The molecular formula is C21H23ClN2O4S. The van der Waals surface area contributed by atoms with Crippen LogP contribution in [0.3, 0.4) is 0 Å². The fourth-order valence-corrected chi connectivity index (χ4v) is 5.90. The SMILES string of the molecule is COc1ccc(Cl)cc1C(=O)N=c1sc2c(n1C[C@H]1CCCO1)C1CCC(C2)O1. The molecule has 0 N–H and O–H groups in total. The van der Waals surface area contributed by atoms with Crippen LogP contribution < -0.4 is 9.54 Å². The molecule has 3 aliphatic heterocycles. The van der Waals surface area contributed by atoms with Gasteiger partial charge in [0, 0.05) is 22.9 Å². The molecule has 0 aliphatic carbocycles. The number of halogens is 1. The van der Waals surface area contributed by atoms with Crippen molar-refractivity contribution in [3.05, 3.63) is 44.2 Å². The van der Waals surface area contributed by atoms with Gasteiger partial charge in [-0.3, -0.25) is 4.79 Å². The van der Waals surface area contributed by atoms with E-state index in [4.69, 9.17) is 25.8 Å². The second-order valence-corrected chi connectivity index (χ2v) is 9.23. The Balaban J connectivity index is 1.58. The van der Waals surface area contributed by atoms with Crippen molar-refractivity contribution in [3.63, 3.8) is 0 Å². The minimum Gasteiger partial charge on any atom is -0.496 e. The zero-order valence-corrected chi connectivity index (χ0v) is 17.8. The van der Waals surface area contributed by atoms with Gasteiger partial charge in [-0.05, 0) is 43.9 Å². The maximum Gasteiger partial charge on any atom is 0.283 e. The molecule has 29 heavy (non-hydrogen) atoms. The topological polar surface area (TPSA) is 62.0 Å². The van der Waals surface area contributed by atoms with E-state index in [1.165, 1.54) is 17.7 Å². The van der Waals surface area contributed by atoms with Crippen LogP contribution in [0.2, 0.25) is 5.02 Å². The molecule has 1 aromatic heterocycles. The first-order chi connectivity index (χ1) is 14.1. The summed E-state index contributed by atoms with van der Waals surface area (Å²) in [5.41, 5.74) is 1.55. The van der Waals surface area contributed by atoms with E-state index in [1.54, 1.807) is 29.5 Å². The van der Waals surface area contributed by atoms with Gasteiger partial charge in [-0.25, -0.2) is 0 Å². The first-order valence-electron chi connectivity index (χ1n) is 10.0. The fraction of sp³-hybridized carbons (Fsp3) is 0.524. The van der Waals surface area contributed by atoms with Crippen molar-refractivity contribution in [2.45, 2.75) is 57.0 Å². The number of fused-ring (bicyclic) bond motifs is 4. The lowest BCUT2D eigenvalue weighted by Gasteiger charge is -2.23. The van der Waals surface area contributed by atoms with Crippen molar-refractivity contribution in [3.8, 4) is 5.75 Å². The molecule has 0 spiro atoms. The molecule has 1 amide bonds. The quantitative estimate of drug-likeness (QED) is 0.732. The van der Waals surface area contributed by atoms with Gasteiger partial charge < -0.3 is 18.8 Å². The molecule has 0 saturated carbocycles. The zero-order valence-electron chi connectivity index (χ0n) is 16.2. The summed E-state index contributed by atoms with van der Waals surface area (Å²) in [7, 11) is 1.54. The third-order valence-corrected chi connectivity index (χ3v) is 7.20. The van der Waals surface area contributed by atoms with Crippen molar-refractivity contribution < 1.29 is 19.0 Å². The van der Waals surface area contributed by atoms with Gasteiger partial charge in [-0.15, -0.1) is 11.3 Å². The molecule has 2 aromatic rings. The van der Waals surface area contributed by atoms with E-state index in [2.05, 4.69) is 9.56 Å². The highest BCUT2D eigenvalue weighted by Crippen LogP contribution is 2.42. The van der Waals surface area contributed by atoms with Gasteiger partial charge in [0.05, 0.1) is 43.2 Å². The summed E-state index contributed by atoms with van der Waals surface area (Å²) in [6.45, 7) is 1.50. The number of benzene rings is 1. The minimum atomic E-state index is -0.352. The number of thiazole rings is 1. The Hall–Kier alpha value is -1.67. The Labute approximate surface area is 178 Å². The predicted octanol–water partition coefficient (Wildman–Crippen LogP) is 3.91. The second-order valence-electron chi connectivity index (χ2n) is 7.73. The van der Waals surface area contributed by atoms with Crippen molar-refractivity contribution in [1.82, 2.24) is 4.57 Å². The van der Waals surface area contributed by atoms with E-state index in [9.17, 15) is 4.79 Å². The standard InChI is InChI=1S/C21H23ClN2O4S/c1-26-16-6-4-12(22)9-15(16)20(25)23-21-24(11-14-3-2-8-27-14)19-17-7-5-13(28-17)10-18(19)29-21/h4,6,9,13-14,17H,2-3,5,7-8,10-11H2,1H3/t13?,14-,17?/m1/s1. The first-order valence-corrected chi connectivity index (χ1v) is 11.2.